The smallest absolute Gasteiger partial charge is 0.123 e. The number of ether oxygens (including phenoxy) is 1. The number of hydrogen-bond donors (Lipinski definition) is 0. The van der Waals surface area contributed by atoms with Crippen molar-refractivity contribution < 1.29 is 9.13 Å². The van der Waals surface area contributed by atoms with Crippen LogP contribution in [0.4, 0.5) is 10.1 Å². The molecule has 0 saturated carbocycles. The summed E-state index contributed by atoms with van der Waals surface area (Å²) >= 11 is 1.52. The first-order valence-electron chi connectivity index (χ1n) is 8.52. The Labute approximate surface area is 163 Å². The molecule has 3 rings (SSSR count). The highest BCUT2D eigenvalue weighted by atomic mass is 32.2. The van der Waals surface area contributed by atoms with Crippen molar-refractivity contribution in [3.05, 3.63) is 101 Å². The van der Waals surface area contributed by atoms with Crippen LogP contribution in [-0.2, 0) is 0 Å². The highest BCUT2D eigenvalue weighted by Gasteiger charge is 2.02. The van der Waals surface area contributed by atoms with Crippen LogP contribution in [0.15, 0.2) is 94.2 Å². The Bertz CT molecular complexity index is 930. The molecule has 3 aromatic carbocycles. The van der Waals surface area contributed by atoms with Gasteiger partial charge in [-0.3, -0.25) is 0 Å². The highest BCUT2D eigenvalue weighted by Crippen LogP contribution is 2.22. The maximum absolute atomic E-state index is 13.0. The number of benzene rings is 3. The van der Waals surface area contributed by atoms with Crippen LogP contribution in [-0.4, -0.2) is 12.8 Å². The van der Waals surface area contributed by atoms with Crippen LogP contribution in [0.1, 0.15) is 11.1 Å². The topological polar surface area (TPSA) is 21.6 Å². The van der Waals surface area contributed by atoms with Crippen LogP contribution in [0.3, 0.4) is 0 Å². The molecule has 0 heterocycles. The van der Waals surface area contributed by atoms with Crippen LogP contribution >= 0.6 is 11.8 Å². The van der Waals surface area contributed by atoms with Gasteiger partial charge in [0.25, 0.3) is 0 Å². The lowest BCUT2D eigenvalue weighted by Crippen LogP contribution is -1.96. The van der Waals surface area contributed by atoms with Crippen molar-refractivity contribution in [2.45, 2.75) is 11.8 Å². The Kier molecular flexibility index (Phi) is 6.44. The predicted octanol–water partition coefficient (Wildman–Crippen LogP) is 6.57. The van der Waals surface area contributed by atoms with E-state index in [1.165, 1.54) is 29.5 Å². The summed E-state index contributed by atoms with van der Waals surface area (Å²) in [6, 6.07) is 22.3. The number of hydrogen-bond acceptors (Lipinski definition) is 3. The zero-order chi connectivity index (χ0) is 19.1. The standard InChI is InChI=1S/C23H20FNOS/c1-17-3-9-20(10-4-17)25-23(18-5-11-21(26-2)12-6-18)15-16-27-22-13-7-19(24)8-14-22/h3-16H,1-2H3. The van der Waals surface area contributed by atoms with E-state index in [1.54, 1.807) is 19.2 Å². The third kappa shape index (κ3) is 5.56. The van der Waals surface area contributed by atoms with Crippen LogP contribution in [0.2, 0.25) is 0 Å². The third-order valence-electron chi connectivity index (χ3n) is 3.91. The molecule has 0 unspecified atom stereocenters. The summed E-state index contributed by atoms with van der Waals surface area (Å²) in [5.74, 6) is 0.571. The average Bonchev–Trinajstić information content (AvgIpc) is 2.70. The van der Waals surface area contributed by atoms with E-state index >= 15 is 0 Å². The number of aliphatic imine (C=N–C) groups is 1. The second-order valence-electron chi connectivity index (χ2n) is 5.94. The summed E-state index contributed by atoms with van der Waals surface area (Å²) in [5.41, 5.74) is 3.92. The van der Waals surface area contributed by atoms with Gasteiger partial charge in [-0.25, -0.2) is 9.38 Å². The molecule has 0 amide bonds. The maximum Gasteiger partial charge on any atom is 0.123 e. The van der Waals surface area contributed by atoms with E-state index in [9.17, 15) is 4.39 Å². The lowest BCUT2D eigenvalue weighted by atomic mass is 10.1. The Balaban J connectivity index is 1.87. The van der Waals surface area contributed by atoms with Crippen molar-refractivity contribution in [1.82, 2.24) is 0 Å². The van der Waals surface area contributed by atoms with E-state index in [0.29, 0.717) is 0 Å². The van der Waals surface area contributed by atoms with Crippen molar-refractivity contribution in [3.63, 3.8) is 0 Å². The molecule has 2 nitrogen and oxygen atoms in total. The van der Waals surface area contributed by atoms with E-state index in [1.807, 2.05) is 60.0 Å². The molecule has 3 aromatic rings. The minimum Gasteiger partial charge on any atom is -0.497 e. The first-order chi connectivity index (χ1) is 13.1. The fourth-order valence-corrected chi connectivity index (χ4v) is 3.06. The van der Waals surface area contributed by atoms with E-state index in [4.69, 9.17) is 9.73 Å². The van der Waals surface area contributed by atoms with Crippen LogP contribution < -0.4 is 4.74 Å². The number of halogens is 1. The SMILES string of the molecule is COc1ccc(C(C=CSc2ccc(F)cc2)=Nc2ccc(C)cc2)cc1. The second kappa shape index (κ2) is 9.19. The molecule has 0 saturated heterocycles. The van der Waals surface area contributed by atoms with E-state index in [2.05, 4.69) is 6.92 Å². The zero-order valence-electron chi connectivity index (χ0n) is 15.2. The summed E-state index contributed by atoms with van der Waals surface area (Å²) < 4.78 is 18.3. The quantitative estimate of drug-likeness (QED) is 0.358. The van der Waals surface area contributed by atoms with Gasteiger partial charge in [0.2, 0.25) is 0 Å². The Morgan fingerprint density at radius 2 is 1.59 bits per heavy atom. The predicted molar refractivity (Wildman–Crippen MR) is 112 cm³/mol. The van der Waals surface area contributed by atoms with Gasteiger partial charge in [-0.1, -0.05) is 29.5 Å². The molecule has 0 spiro atoms. The molecular formula is C23H20FNOS. The van der Waals surface area contributed by atoms with Crippen LogP contribution in [0.5, 0.6) is 5.75 Å². The number of rotatable bonds is 6. The molecule has 0 aliphatic carbocycles. The molecule has 4 heteroatoms. The van der Waals surface area contributed by atoms with Gasteiger partial charge >= 0.3 is 0 Å². The number of allylic oxidation sites excluding steroid dienone is 1. The zero-order valence-corrected chi connectivity index (χ0v) is 16.0. The van der Waals surface area contributed by atoms with E-state index in [0.717, 1.165) is 27.6 Å². The van der Waals surface area contributed by atoms with Crippen molar-refractivity contribution in [1.29, 1.82) is 0 Å². The van der Waals surface area contributed by atoms with Gasteiger partial charge in [0.1, 0.15) is 11.6 Å². The molecule has 0 bridgehead atoms. The summed E-state index contributed by atoms with van der Waals surface area (Å²) in [7, 11) is 1.65. The fraction of sp³-hybridized carbons (Fsp3) is 0.0870. The number of aryl methyl sites for hydroxylation is 1. The van der Waals surface area contributed by atoms with Crippen molar-refractivity contribution in [2.75, 3.05) is 7.11 Å². The van der Waals surface area contributed by atoms with Gasteiger partial charge < -0.3 is 4.74 Å². The average molecular weight is 377 g/mol. The van der Waals surface area contributed by atoms with E-state index < -0.39 is 0 Å². The lowest BCUT2D eigenvalue weighted by Gasteiger charge is -2.05. The molecule has 0 aliphatic heterocycles. The Hall–Kier alpha value is -2.85. The second-order valence-corrected chi connectivity index (χ2v) is 6.91. The molecule has 0 fully saturated rings. The van der Waals surface area contributed by atoms with Crippen LogP contribution in [0, 0.1) is 12.7 Å². The third-order valence-corrected chi connectivity index (χ3v) is 4.73. The number of thioether (sulfide) groups is 1. The normalized spacial score (nSPS) is 11.7. The van der Waals surface area contributed by atoms with Crippen molar-refractivity contribution in [2.24, 2.45) is 4.99 Å². The van der Waals surface area contributed by atoms with Gasteiger partial charge in [0, 0.05) is 10.5 Å². The van der Waals surface area contributed by atoms with Crippen molar-refractivity contribution in [3.8, 4) is 5.75 Å². The molecule has 27 heavy (non-hydrogen) atoms. The highest BCUT2D eigenvalue weighted by molar-refractivity contribution is 8.02. The monoisotopic (exact) mass is 377 g/mol. The summed E-state index contributed by atoms with van der Waals surface area (Å²) in [6.07, 6.45) is 1.97. The molecule has 0 aliphatic rings. The molecule has 0 radical (unpaired) electrons. The first-order valence-corrected chi connectivity index (χ1v) is 9.40. The number of nitrogens with zero attached hydrogens (tertiary/aromatic N) is 1. The van der Waals surface area contributed by atoms with Gasteiger partial charge in [-0.2, -0.15) is 0 Å². The van der Waals surface area contributed by atoms with Gasteiger partial charge in [0.15, 0.2) is 0 Å². The first kappa shape index (κ1) is 18.9. The minimum absolute atomic E-state index is 0.233. The Morgan fingerprint density at radius 3 is 2.22 bits per heavy atom. The molecule has 0 N–H and O–H groups in total. The Morgan fingerprint density at radius 1 is 0.926 bits per heavy atom. The summed E-state index contributed by atoms with van der Waals surface area (Å²) in [4.78, 5) is 5.76. The lowest BCUT2D eigenvalue weighted by molar-refractivity contribution is 0.415. The van der Waals surface area contributed by atoms with Crippen LogP contribution in [0.25, 0.3) is 0 Å². The van der Waals surface area contributed by atoms with E-state index in [-0.39, 0.29) is 5.82 Å². The molecule has 0 aromatic heterocycles. The van der Waals surface area contributed by atoms with Gasteiger partial charge in [0.05, 0.1) is 18.5 Å². The summed E-state index contributed by atoms with van der Waals surface area (Å²) in [6.45, 7) is 2.05. The van der Waals surface area contributed by atoms with Gasteiger partial charge in [-0.15, -0.1) is 0 Å². The molecular weight excluding hydrogens is 357 g/mol. The van der Waals surface area contributed by atoms with Crippen molar-refractivity contribution >= 4 is 23.2 Å². The van der Waals surface area contributed by atoms with Gasteiger partial charge in [-0.05, 0) is 79.1 Å². The molecule has 136 valence electrons. The largest absolute Gasteiger partial charge is 0.497 e. The minimum atomic E-state index is -0.233. The summed E-state index contributed by atoms with van der Waals surface area (Å²) in [5, 5.41) is 1.96. The fourth-order valence-electron chi connectivity index (χ4n) is 2.41. The number of methoxy groups -OCH3 is 1. The molecule has 0 atom stereocenters. The maximum atomic E-state index is 13.0.